The number of carbonyl (C=O) groups is 1. The van der Waals surface area contributed by atoms with Gasteiger partial charge >= 0.3 is 13.1 Å². The number of nitrogens with zero attached hydrogens (tertiary/aromatic N) is 1. The molecular weight excluding hydrogens is 492 g/mol. The molecule has 3 aromatic carbocycles. The first kappa shape index (κ1) is 28.7. The number of rotatable bonds is 6. The highest BCUT2D eigenvalue weighted by Gasteiger charge is 2.52. The van der Waals surface area contributed by atoms with Crippen LogP contribution in [0.5, 0.6) is 0 Å². The van der Waals surface area contributed by atoms with E-state index in [2.05, 4.69) is 0 Å². The third-order valence-corrected chi connectivity index (χ3v) is 7.23. The maximum absolute atomic E-state index is 16.6. The van der Waals surface area contributed by atoms with Gasteiger partial charge in [-0.15, -0.1) is 0 Å². The zero-order valence-corrected chi connectivity index (χ0v) is 24.0. The third kappa shape index (κ3) is 6.15. The Labute approximate surface area is 231 Å². The van der Waals surface area contributed by atoms with Crippen molar-refractivity contribution in [3.8, 4) is 0 Å². The number of esters is 1. The summed E-state index contributed by atoms with van der Waals surface area (Å²) in [6.45, 7) is 14.8. The first-order valence-corrected chi connectivity index (χ1v) is 13.3. The van der Waals surface area contributed by atoms with Crippen LogP contribution in [-0.4, -0.2) is 35.6 Å². The quantitative estimate of drug-likeness (QED) is 0.202. The smallest absolute Gasteiger partial charge is 0.460 e. The minimum atomic E-state index is -0.845. The molecule has 4 rings (SSSR count). The molecule has 204 valence electrons. The van der Waals surface area contributed by atoms with Gasteiger partial charge in [0.25, 0.3) is 0 Å². The van der Waals surface area contributed by atoms with Crippen LogP contribution in [0, 0.1) is 5.82 Å². The van der Waals surface area contributed by atoms with E-state index < -0.39 is 41.6 Å². The van der Waals surface area contributed by atoms with Crippen molar-refractivity contribution in [3.63, 3.8) is 0 Å². The molecule has 0 amide bonds. The molecular formula is C32H37BFNO4. The van der Waals surface area contributed by atoms with Gasteiger partial charge in [0.15, 0.2) is 5.82 Å². The fraction of sp³-hybridized carbons (Fsp3) is 0.375. The molecule has 5 nitrogen and oxygen atoms in total. The lowest BCUT2D eigenvalue weighted by molar-refractivity contribution is -0.156. The van der Waals surface area contributed by atoms with Gasteiger partial charge in [-0.3, -0.25) is 4.79 Å². The molecule has 1 aliphatic heterocycles. The van der Waals surface area contributed by atoms with Crippen molar-refractivity contribution < 1.29 is 23.2 Å². The van der Waals surface area contributed by atoms with Crippen LogP contribution in [-0.2, 0) is 18.8 Å². The summed E-state index contributed by atoms with van der Waals surface area (Å²) in [4.78, 5) is 17.9. The van der Waals surface area contributed by atoms with E-state index in [9.17, 15) is 4.79 Å². The van der Waals surface area contributed by atoms with Crippen molar-refractivity contribution in [3.05, 3.63) is 95.3 Å². The van der Waals surface area contributed by atoms with E-state index >= 15 is 4.39 Å². The molecule has 39 heavy (non-hydrogen) atoms. The number of aliphatic imine (C=N–C) groups is 1. The first-order chi connectivity index (χ1) is 18.2. The zero-order chi connectivity index (χ0) is 28.6. The second kappa shape index (κ2) is 10.7. The summed E-state index contributed by atoms with van der Waals surface area (Å²) in [5, 5.41) is 0. The Morgan fingerprint density at radius 2 is 1.36 bits per heavy atom. The molecule has 0 radical (unpaired) electrons. The Morgan fingerprint density at radius 1 is 0.872 bits per heavy atom. The van der Waals surface area contributed by atoms with E-state index in [-0.39, 0.29) is 11.3 Å². The summed E-state index contributed by atoms with van der Waals surface area (Å²) in [6.07, 6.45) is 0. The molecule has 1 aliphatic rings. The first-order valence-electron chi connectivity index (χ1n) is 13.3. The van der Waals surface area contributed by atoms with Crippen molar-refractivity contribution in [2.75, 3.05) is 0 Å². The number of carbonyl (C=O) groups excluding carboxylic acids is 1. The molecule has 1 heterocycles. The van der Waals surface area contributed by atoms with Gasteiger partial charge in [0, 0.05) is 22.2 Å². The van der Waals surface area contributed by atoms with Gasteiger partial charge in [0.2, 0.25) is 0 Å². The van der Waals surface area contributed by atoms with Crippen LogP contribution in [0.2, 0.25) is 0 Å². The van der Waals surface area contributed by atoms with E-state index in [0.29, 0.717) is 11.2 Å². The Balaban J connectivity index is 1.93. The Morgan fingerprint density at radius 3 is 1.82 bits per heavy atom. The van der Waals surface area contributed by atoms with Gasteiger partial charge in [0.05, 0.1) is 28.5 Å². The number of halogens is 1. The molecule has 0 bridgehead atoms. The van der Waals surface area contributed by atoms with Crippen LogP contribution in [0.15, 0.2) is 77.8 Å². The average Bonchev–Trinajstić information content (AvgIpc) is 3.09. The number of hydrogen-bond donors (Lipinski definition) is 0. The lowest BCUT2D eigenvalue weighted by atomic mass is 9.76. The largest absolute Gasteiger partial charge is 0.497 e. The average molecular weight is 529 g/mol. The van der Waals surface area contributed by atoms with Crippen LogP contribution in [0.25, 0.3) is 0 Å². The van der Waals surface area contributed by atoms with Crippen molar-refractivity contribution in [2.24, 2.45) is 4.99 Å². The second-order valence-electron chi connectivity index (χ2n) is 11.9. The lowest BCUT2D eigenvalue weighted by Gasteiger charge is -2.32. The minimum absolute atomic E-state index is 0.0733. The normalized spacial score (nSPS) is 17.0. The number of benzene rings is 3. The molecule has 3 aromatic rings. The maximum atomic E-state index is 16.6. The fourth-order valence-corrected chi connectivity index (χ4v) is 4.32. The zero-order valence-electron chi connectivity index (χ0n) is 24.0. The van der Waals surface area contributed by atoms with Crippen LogP contribution < -0.4 is 5.46 Å². The van der Waals surface area contributed by atoms with Crippen molar-refractivity contribution in [2.45, 2.75) is 78.1 Å². The molecule has 1 fully saturated rings. The van der Waals surface area contributed by atoms with E-state index in [1.54, 1.807) is 39.8 Å². The highest BCUT2D eigenvalue weighted by atomic mass is 19.1. The van der Waals surface area contributed by atoms with E-state index in [1.165, 1.54) is 0 Å². The van der Waals surface area contributed by atoms with Crippen LogP contribution in [0.4, 0.5) is 10.1 Å². The van der Waals surface area contributed by atoms with Gasteiger partial charge in [-0.1, -0.05) is 72.8 Å². The molecule has 0 spiro atoms. The Kier molecular flexibility index (Phi) is 7.88. The molecule has 0 saturated carbocycles. The molecule has 1 atom stereocenters. The summed E-state index contributed by atoms with van der Waals surface area (Å²) in [5.74, 6) is -1.96. The molecule has 1 saturated heterocycles. The summed E-state index contributed by atoms with van der Waals surface area (Å²) >= 11 is 0. The molecule has 7 heteroatoms. The Hall–Kier alpha value is -3.29. The fourth-order valence-electron chi connectivity index (χ4n) is 4.32. The monoisotopic (exact) mass is 529 g/mol. The van der Waals surface area contributed by atoms with Crippen molar-refractivity contribution >= 4 is 29.9 Å². The van der Waals surface area contributed by atoms with Gasteiger partial charge in [0.1, 0.15) is 5.60 Å². The third-order valence-electron chi connectivity index (χ3n) is 7.23. The predicted molar refractivity (Wildman–Crippen MR) is 155 cm³/mol. The molecule has 0 aliphatic carbocycles. The summed E-state index contributed by atoms with van der Waals surface area (Å²) in [5.41, 5.74) is 1.03. The number of hydrogen-bond acceptors (Lipinski definition) is 5. The van der Waals surface area contributed by atoms with Crippen molar-refractivity contribution in [1.82, 2.24) is 0 Å². The van der Waals surface area contributed by atoms with Gasteiger partial charge in [-0.2, -0.15) is 0 Å². The molecule has 0 aromatic heterocycles. The van der Waals surface area contributed by atoms with Crippen LogP contribution in [0.3, 0.4) is 0 Å². The van der Waals surface area contributed by atoms with Gasteiger partial charge in [-0.05, 0) is 55.4 Å². The van der Waals surface area contributed by atoms with Gasteiger partial charge < -0.3 is 14.0 Å². The van der Waals surface area contributed by atoms with Crippen LogP contribution in [0.1, 0.15) is 78.0 Å². The topological polar surface area (TPSA) is 57.1 Å². The second-order valence-corrected chi connectivity index (χ2v) is 11.9. The van der Waals surface area contributed by atoms with E-state index in [4.69, 9.17) is 19.0 Å². The van der Waals surface area contributed by atoms with Gasteiger partial charge in [-0.25, -0.2) is 9.38 Å². The van der Waals surface area contributed by atoms with E-state index in [1.807, 2.05) is 88.4 Å². The van der Waals surface area contributed by atoms with Crippen molar-refractivity contribution in [1.29, 1.82) is 0 Å². The van der Waals surface area contributed by atoms with Crippen LogP contribution >= 0.6 is 0 Å². The van der Waals surface area contributed by atoms with E-state index in [0.717, 1.165) is 11.1 Å². The summed E-state index contributed by atoms with van der Waals surface area (Å²) in [7, 11) is -0.845. The molecule has 1 unspecified atom stereocenters. The number of ether oxygens (including phenoxy) is 1. The lowest BCUT2D eigenvalue weighted by Crippen LogP contribution is -2.41. The Bertz CT molecular complexity index is 1310. The maximum Gasteiger partial charge on any atom is 0.497 e. The standard InChI is InChI=1S/C32H37BFNO4/c1-21(29(36)37-30(2,3)4)24-19-20-25(33-38-31(5,6)32(7,8)39-33)28(26(24)34)35-27(22-15-11-9-12-16-22)23-17-13-10-14-18-23/h9-21H,1-8H3. The minimum Gasteiger partial charge on any atom is -0.460 e. The summed E-state index contributed by atoms with van der Waals surface area (Å²) < 4.78 is 34.7. The highest BCUT2D eigenvalue weighted by molar-refractivity contribution is 6.64. The predicted octanol–water partition coefficient (Wildman–Crippen LogP) is 6.74. The SMILES string of the molecule is CC(C(=O)OC(C)(C)C)c1ccc(B2OC(C)(C)C(C)(C)O2)c(N=C(c2ccccc2)c2ccccc2)c1F. The highest BCUT2D eigenvalue weighted by Crippen LogP contribution is 2.38. The molecule has 0 N–H and O–H groups in total. The summed E-state index contributed by atoms with van der Waals surface area (Å²) in [6, 6.07) is 22.6.